The van der Waals surface area contributed by atoms with E-state index in [1.54, 1.807) is 0 Å². The van der Waals surface area contributed by atoms with E-state index >= 15 is 0 Å². The standard InChI is InChI=1S/C4H6O4.2K.2H/c5-3(6)1-2-4(7)8;;;;/h1-2H2,(H,5,6)(H,7,8);;;;/q;2*+1;2*-1. The van der Waals surface area contributed by atoms with E-state index in [9.17, 15) is 9.59 Å². The summed E-state index contributed by atoms with van der Waals surface area (Å²) in [6, 6.07) is 0. The van der Waals surface area contributed by atoms with Gasteiger partial charge in [-0.3, -0.25) is 9.59 Å². The Bertz CT molecular complexity index is 108. The van der Waals surface area contributed by atoms with Gasteiger partial charge in [-0.1, -0.05) is 0 Å². The Labute approximate surface area is 147 Å². The molecule has 0 rings (SSSR count). The molecule has 6 heteroatoms. The summed E-state index contributed by atoms with van der Waals surface area (Å²) in [6.45, 7) is 0. The van der Waals surface area contributed by atoms with E-state index in [4.69, 9.17) is 10.2 Å². The second-order valence-electron chi connectivity index (χ2n) is 1.29. The van der Waals surface area contributed by atoms with Crippen LogP contribution in [0.3, 0.4) is 0 Å². The van der Waals surface area contributed by atoms with Crippen LogP contribution in [0.15, 0.2) is 0 Å². The van der Waals surface area contributed by atoms with Gasteiger partial charge in [0.2, 0.25) is 0 Å². The van der Waals surface area contributed by atoms with E-state index in [-0.39, 0.29) is 118 Å². The second-order valence-corrected chi connectivity index (χ2v) is 1.29. The van der Waals surface area contributed by atoms with E-state index < -0.39 is 11.9 Å². The van der Waals surface area contributed by atoms with Crippen LogP contribution in [0.1, 0.15) is 15.7 Å². The third-order valence-electron chi connectivity index (χ3n) is 0.553. The van der Waals surface area contributed by atoms with Crippen molar-refractivity contribution in [1.82, 2.24) is 0 Å². The van der Waals surface area contributed by atoms with Crippen molar-refractivity contribution in [1.29, 1.82) is 0 Å². The molecular formula is C4H8K2O4. The van der Waals surface area contributed by atoms with Gasteiger partial charge in [0.25, 0.3) is 0 Å². The first kappa shape index (κ1) is 18.1. The summed E-state index contributed by atoms with van der Waals surface area (Å²) in [4.78, 5) is 19.3. The number of hydrogen-bond acceptors (Lipinski definition) is 2. The van der Waals surface area contributed by atoms with Gasteiger partial charge < -0.3 is 13.1 Å². The van der Waals surface area contributed by atoms with Crippen molar-refractivity contribution in [2.75, 3.05) is 0 Å². The van der Waals surface area contributed by atoms with Crippen LogP contribution in [-0.4, -0.2) is 22.2 Å². The maximum atomic E-state index is 9.64. The van der Waals surface area contributed by atoms with Gasteiger partial charge >= 0.3 is 115 Å². The summed E-state index contributed by atoms with van der Waals surface area (Å²) in [5, 5.41) is 15.8. The number of rotatable bonds is 3. The number of aliphatic carboxylic acids is 2. The van der Waals surface area contributed by atoms with Gasteiger partial charge in [-0.05, 0) is 0 Å². The molecule has 0 heterocycles. The Morgan fingerprint density at radius 3 is 1.30 bits per heavy atom. The molecule has 0 spiro atoms. The zero-order valence-electron chi connectivity index (χ0n) is 8.13. The summed E-state index contributed by atoms with van der Waals surface area (Å²) in [5.41, 5.74) is 0. The molecule has 50 valence electrons. The topological polar surface area (TPSA) is 74.6 Å². The summed E-state index contributed by atoms with van der Waals surface area (Å²) >= 11 is 0. The van der Waals surface area contributed by atoms with Gasteiger partial charge in [-0.2, -0.15) is 0 Å². The predicted octanol–water partition coefficient (Wildman–Crippen LogP) is -5.83. The molecule has 0 saturated carbocycles. The maximum absolute atomic E-state index is 9.64. The fourth-order valence-electron chi connectivity index (χ4n) is 0.214. The molecular weight excluding hydrogens is 190 g/mol. The smallest absolute Gasteiger partial charge is 1.00 e. The first-order valence-electron chi connectivity index (χ1n) is 2.06. The fourth-order valence-corrected chi connectivity index (χ4v) is 0.214. The largest absolute Gasteiger partial charge is 1.00 e. The van der Waals surface area contributed by atoms with E-state index in [0.29, 0.717) is 0 Å². The molecule has 0 fully saturated rings. The molecule has 2 N–H and O–H groups in total. The van der Waals surface area contributed by atoms with Crippen molar-refractivity contribution in [3.63, 3.8) is 0 Å². The zero-order valence-corrected chi connectivity index (χ0v) is 12.4. The average molecular weight is 198 g/mol. The molecule has 0 radical (unpaired) electrons. The summed E-state index contributed by atoms with van der Waals surface area (Å²) in [7, 11) is 0. The van der Waals surface area contributed by atoms with Crippen LogP contribution in [0.25, 0.3) is 0 Å². The van der Waals surface area contributed by atoms with Crippen molar-refractivity contribution in [3.8, 4) is 0 Å². The van der Waals surface area contributed by atoms with Crippen LogP contribution in [0, 0.1) is 0 Å². The first-order chi connectivity index (χ1) is 3.63. The summed E-state index contributed by atoms with van der Waals surface area (Å²) in [5.74, 6) is -2.15. The molecule has 0 aromatic heterocycles. The molecule has 0 aromatic rings. The molecule has 0 amide bonds. The van der Waals surface area contributed by atoms with Crippen molar-refractivity contribution < 1.29 is 125 Å². The van der Waals surface area contributed by atoms with Crippen molar-refractivity contribution in [2.45, 2.75) is 12.8 Å². The summed E-state index contributed by atoms with van der Waals surface area (Å²) in [6.07, 6.45) is -0.593. The Hall–Kier alpha value is 2.21. The number of carboxylic acids is 2. The normalized spacial score (nSPS) is 6.80. The van der Waals surface area contributed by atoms with Crippen LogP contribution >= 0.6 is 0 Å². The van der Waals surface area contributed by atoms with E-state index in [1.807, 2.05) is 0 Å². The van der Waals surface area contributed by atoms with Crippen LogP contribution in [0.5, 0.6) is 0 Å². The molecule has 0 unspecified atom stereocenters. The third kappa shape index (κ3) is 16.7. The minimum Gasteiger partial charge on any atom is -1.00 e. The Balaban J connectivity index is -0.0000000408. The monoisotopic (exact) mass is 198 g/mol. The molecule has 0 aliphatic rings. The van der Waals surface area contributed by atoms with Gasteiger partial charge in [0.05, 0.1) is 12.8 Å². The molecule has 0 atom stereocenters. The van der Waals surface area contributed by atoms with Gasteiger partial charge in [0.1, 0.15) is 0 Å². The Morgan fingerprint density at radius 2 is 1.20 bits per heavy atom. The number of hydrogen-bond donors (Lipinski definition) is 2. The Morgan fingerprint density at radius 1 is 1.00 bits per heavy atom. The number of carbonyl (C=O) groups is 2. The molecule has 0 saturated heterocycles. The minimum absolute atomic E-state index is 0. The Kier molecular flexibility index (Phi) is 20.3. The van der Waals surface area contributed by atoms with Crippen molar-refractivity contribution >= 4 is 11.9 Å². The SMILES string of the molecule is O=C(O)CCC(=O)O.[H-].[H-].[K+].[K+]. The van der Waals surface area contributed by atoms with Crippen molar-refractivity contribution in [3.05, 3.63) is 0 Å². The van der Waals surface area contributed by atoms with Crippen LogP contribution in [-0.2, 0) is 9.59 Å². The van der Waals surface area contributed by atoms with E-state index in [0.717, 1.165) is 0 Å². The summed E-state index contributed by atoms with van der Waals surface area (Å²) < 4.78 is 0. The fraction of sp³-hybridized carbons (Fsp3) is 0.500. The van der Waals surface area contributed by atoms with Crippen LogP contribution in [0.2, 0.25) is 0 Å². The van der Waals surface area contributed by atoms with Crippen LogP contribution < -0.4 is 103 Å². The molecule has 0 bridgehead atoms. The van der Waals surface area contributed by atoms with Gasteiger partial charge in [-0.15, -0.1) is 0 Å². The van der Waals surface area contributed by atoms with Gasteiger partial charge in [0, 0.05) is 0 Å². The average Bonchev–Trinajstić information content (AvgIpc) is 1.61. The zero-order chi connectivity index (χ0) is 6.57. The van der Waals surface area contributed by atoms with Crippen LogP contribution in [0.4, 0.5) is 0 Å². The van der Waals surface area contributed by atoms with Crippen molar-refractivity contribution in [2.24, 2.45) is 0 Å². The van der Waals surface area contributed by atoms with E-state index in [2.05, 4.69) is 0 Å². The first-order valence-corrected chi connectivity index (χ1v) is 2.06. The van der Waals surface area contributed by atoms with E-state index in [1.165, 1.54) is 0 Å². The quantitative estimate of drug-likeness (QED) is 0.443. The molecule has 0 aliphatic heterocycles. The molecule has 10 heavy (non-hydrogen) atoms. The predicted molar refractivity (Wildman–Crippen MR) is 26.7 cm³/mol. The molecule has 0 aromatic carbocycles. The van der Waals surface area contributed by atoms with Gasteiger partial charge in [0.15, 0.2) is 0 Å². The second kappa shape index (κ2) is 11.2. The van der Waals surface area contributed by atoms with Gasteiger partial charge in [-0.25, -0.2) is 0 Å². The third-order valence-corrected chi connectivity index (χ3v) is 0.553. The minimum atomic E-state index is -1.08. The maximum Gasteiger partial charge on any atom is 1.00 e. The number of carboxylic acid groups (broad SMARTS) is 2. The molecule has 0 aliphatic carbocycles. The molecule has 4 nitrogen and oxygen atoms in total.